The van der Waals surface area contributed by atoms with Crippen molar-refractivity contribution in [3.8, 4) is 0 Å². The fourth-order valence-corrected chi connectivity index (χ4v) is 1.87. The van der Waals surface area contributed by atoms with Gasteiger partial charge in [-0.15, -0.1) is 12.4 Å². The third-order valence-corrected chi connectivity index (χ3v) is 2.78. The van der Waals surface area contributed by atoms with Gasteiger partial charge >= 0.3 is 5.97 Å². The minimum atomic E-state index is -0.342. The van der Waals surface area contributed by atoms with E-state index in [0.29, 0.717) is 18.8 Å². The summed E-state index contributed by atoms with van der Waals surface area (Å²) in [6.45, 7) is 1.04. The summed E-state index contributed by atoms with van der Waals surface area (Å²) in [6, 6.07) is 11.7. The van der Waals surface area contributed by atoms with Crippen LogP contribution in [0, 0.1) is 0 Å². The van der Waals surface area contributed by atoms with Crippen molar-refractivity contribution in [2.24, 2.45) is 5.73 Å². The smallest absolute Gasteiger partial charge is 0.354 e. The summed E-state index contributed by atoms with van der Waals surface area (Å²) in [5.41, 5.74) is 8.18. The molecule has 1 aromatic heterocycles. The molecule has 0 amide bonds. The van der Waals surface area contributed by atoms with Crippen LogP contribution >= 0.6 is 12.4 Å². The molecular weight excluding hydrogens is 264 g/mol. The minimum Gasteiger partial charge on any atom is -0.464 e. The molecule has 1 heterocycles. The molecule has 0 spiro atoms. The number of rotatable bonds is 4. The topological polar surface area (TPSA) is 57.2 Å². The van der Waals surface area contributed by atoms with Crippen LogP contribution in [0.1, 0.15) is 21.6 Å². The van der Waals surface area contributed by atoms with Crippen molar-refractivity contribution in [1.82, 2.24) is 4.57 Å². The molecule has 5 heteroatoms. The zero-order valence-corrected chi connectivity index (χ0v) is 11.5. The van der Waals surface area contributed by atoms with E-state index < -0.39 is 0 Å². The van der Waals surface area contributed by atoms with E-state index in [9.17, 15) is 4.79 Å². The van der Waals surface area contributed by atoms with Gasteiger partial charge in [-0.05, 0) is 17.2 Å². The van der Waals surface area contributed by atoms with Crippen molar-refractivity contribution in [1.29, 1.82) is 0 Å². The molecule has 4 nitrogen and oxygen atoms in total. The zero-order valence-electron chi connectivity index (χ0n) is 10.7. The minimum absolute atomic E-state index is 0. The molecule has 2 rings (SSSR count). The Labute approximate surface area is 118 Å². The molecule has 0 aliphatic rings. The van der Waals surface area contributed by atoms with Crippen LogP contribution in [-0.2, 0) is 17.8 Å². The summed E-state index contributed by atoms with van der Waals surface area (Å²) >= 11 is 0. The summed E-state index contributed by atoms with van der Waals surface area (Å²) in [4.78, 5) is 11.7. The summed E-state index contributed by atoms with van der Waals surface area (Å²) in [7, 11) is 1.38. The molecule has 0 atom stereocenters. The number of benzene rings is 1. The molecule has 0 saturated carbocycles. The van der Waals surface area contributed by atoms with Crippen LogP contribution in [-0.4, -0.2) is 17.6 Å². The van der Waals surface area contributed by atoms with Crippen molar-refractivity contribution in [2.75, 3.05) is 7.11 Å². The van der Waals surface area contributed by atoms with Gasteiger partial charge in [0.1, 0.15) is 5.69 Å². The van der Waals surface area contributed by atoms with E-state index in [1.807, 2.05) is 41.1 Å². The zero-order chi connectivity index (χ0) is 13.0. The molecule has 0 aliphatic carbocycles. The quantitative estimate of drug-likeness (QED) is 0.874. The SMILES string of the molecule is COC(=O)c1cc(CN)cn1Cc1ccccc1.Cl. The highest BCUT2D eigenvalue weighted by molar-refractivity contribution is 5.88. The Kier molecular flexibility index (Phi) is 5.60. The second-order valence-corrected chi connectivity index (χ2v) is 4.04. The van der Waals surface area contributed by atoms with E-state index >= 15 is 0 Å². The maximum absolute atomic E-state index is 11.7. The summed E-state index contributed by atoms with van der Waals surface area (Å²) < 4.78 is 6.64. The van der Waals surface area contributed by atoms with Crippen LogP contribution in [0.3, 0.4) is 0 Å². The van der Waals surface area contributed by atoms with Gasteiger partial charge < -0.3 is 15.0 Å². The lowest BCUT2D eigenvalue weighted by molar-refractivity contribution is 0.0589. The molecule has 2 N–H and O–H groups in total. The fourth-order valence-electron chi connectivity index (χ4n) is 1.87. The highest BCUT2D eigenvalue weighted by Crippen LogP contribution is 2.12. The Morgan fingerprint density at radius 3 is 2.53 bits per heavy atom. The molecule has 102 valence electrons. The average molecular weight is 281 g/mol. The monoisotopic (exact) mass is 280 g/mol. The molecule has 0 bridgehead atoms. The van der Waals surface area contributed by atoms with Gasteiger partial charge in [0.15, 0.2) is 0 Å². The summed E-state index contributed by atoms with van der Waals surface area (Å²) in [6.07, 6.45) is 1.89. The van der Waals surface area contributed by atoms with Crippen molar-refractivity contribution in [2.45, 2.75) is 13.1 Å². The van der Waals surface area contributed by atoms with Gasteiger partial charge in [0.25, 0.3) is 0 Å². The number of nitrogens with two attached hydrogens (primary N) is 1. The van der Waals surface area contributed by atoms with Gasteiger partial charge in [0, 0.05) is 19.3 Å². The lowest BCUT2D eigenvalue weighted by Crippen LogP contribution is -2.10. The first-order valence-corrected chi connectivity index (χ1v) is 5.76. The number of hydrogen-bond acceptors (Lipinski definition) is 3. The molecule has 0 radical (unpaired) electrons. The number of ether oxygens (including phenoxy) is 1. The van der Waals surface area contributed by atoms with E-state index in [-0.39, 0.29) is 18.4 Å². The van der Waals surface area contributed by atoms with Crippen molar-refractivity contribution >= 4 is 18.4 Å². The lowest BCUT2D eigenvalue weighted by Gasteiger charge is -2.07. The van der Waals surface area contributed by atoms with Crippen molar-refractivity contribution in [3.63, 3.8) is 0 Å². The Bertz CT molecular complexity index is 538. The largest absolute Gasteiger partial charge is 0.464 e. The van der Waals surface area contributed by atoms with E-state index in [1.54, 1.807) is 6.07 Å². The van der Waals surface area contributed by atoms with E-state index in [4.69, 9.17) is 10.5 Å². The first kappa shape index (κ1) is 15.3. The van der Waals surface area contributed by atoms with Crippen LogP contribution in [0.4, 0.5) is 0 Å². The predicted octanol–water partition coefficient (Wildman–Crippen LogP) is 2.20. The lowest BCUT2D eigenvalue weighted by atomic mass is 10.2. The van der Waals surface area contributed by atoms with Gasteiger partial charge in [0.2, 0.25) is 0 Å². The third kappa shape index (κ3) is 3.59. The van der Waals surface area contributed by atoms with Crippen LogP contribution in [0.2, 0.25) is 0 Å². The molecule has 0 unspecified atom stereocenters. The summed E-state index contributed by atoms with van der Waals surface area (Å²) in [5.74, 6) is -0.342. The van der Waals surface area contributed by atoms with E-state index in [2.05, 4.69) is 0 Å². The number of hydrogen-bond donors (Lipinski definition) is 1. The number of esters is 1. The highest BCUT2D eigenvalue weighted by atomic mass is 35.5. The van der Waals surface area contributed by atoms with E-state index in [1.165, 1.54) is 7.11 Å². The molecule has 2 aromatic rings. The molecule has 0 aliphatic heterocycles. The standard InChI is InChI=1S/C14H16N2O2.ClH/c1-18-14(17)13-7-12(8-15)10-16(13)9-11-5-3-2-4-6-11;/h2-7,10H,8-9,15H2,1H3;1H. The van der Waals surface area contributed by atoms with Crippen molar-refractivity contribution < 1.29 is 9.53 Å². The van der Waals surface area contributed by atoms with Crippen molar-refractivity contribution in [3.05, 3.63) is 59.4 Å². The second kappa shape index (κ2) is 6.97. The normalized spacial score (nSPS) is 9.79. The average Bonchev–Trinajstić information content (AvgIpc) is 2.82. The third-order valence-electron chi connectivity index (χ3n) is 2.78. The first-order chi connectivity index (χ1) is 8.74. The first-order valence-electron chi connectivity index (χ1n) is 5.76. The Morgan fingerprint density at radius 1 is 1.26 bits per heavy atom. The van der Waals surface area contributed by atoms with Crippen LogP contribution < -0.4 is 5.73 Å². The molecule has 19 heavy (non-hydrogen) atoms. The predicted molar refractivity (Wildman–Crippen MR) is 76.5 cm³/mol. The van der Waals surface area contributed by atoms with Gasteiger partial charge in [0.05, 0.1) is 7.11 Å². The number of methoxy groups -OCH3 is 1. The summed E-state index contributed by atoms with van der Waals surface area (Å²) in [5, 5.41) is 0. The number of carbonyl (C=O) groups is 1. The Morgan fingerprint density at radius 2 is 1.95 bits per heavy atom. The van der Waals surface area contributed by atoms with E-state index in [0.717, 1.165) is 11.1 Å². The van der Waals surface area contributed by atoms with Crippen LogP contribution in [0.15, 0.2) is 42.6 Å². The molecular formula is C14H17ClN2O2. The Hall–Kier alpha value is -1.78. The Balaban J connectivity index is 0.00000180. The van der Waals surface area contributed by atoms with Gasteiger partial charge in [-0.3, -0.25) is 0 Å². The number of nitrogens with zero attached hydrogens (tertiary/aromatic N) is 1. The highest BCUT2D eigenvalue weighted by Gasteiger charge is 2.13. The van der Waals surface area contributed by atoms with Gasteiger partial charge in [-0.25, -0.2) is 4.79 Å². The molecule has 0 saturated heterocycles. The number of halogens is 1. The number of aromatic nitrogens is 1. The molecule has 0 fully saturated rings. The van der Waals surface area contributed by atoms with Crippen LogP contribution in [0.25, 0.3) is 0 Å². The van der Waals surface area contributed by atoms with Gasteiger partial charge in [-0.2, -0.15) is 0 Å². The maximum atomic E-state index is 11.7. The second-order valence-electron chi connectivity index (χ2n) is 4.04. The number of carbonyl (C=O) groups excluding carboxylic acids is 1. The van der Waals surface area contributed by atoms with Crippen LogP contribution in [0.5, 0.6) is 0 Å². The molecule has 1 aromatic carbocycles. The maximum Gasteiger partial charge on any atom is 0.354 e. The fraction of sp³-hybridized carbons (Fsp3) is 0.214. The van der Waals surface area contributed by atoms with Gasteiger partial charge in [-0.1, -0.05) is 30.3 Å².